The molecule has 1 saturated heterocycles. The van der Waals surface area contributed by atoms with Crippen molar-refractivity contribution in [2.24, 2.45) is 0 Å². The normalized spacial score (nSPS) is 18.7. The second-order valence-electron chi connectivity index (χ2n) is 5.74. The van der Waals surface area contributed by atoms with Crippen LogP contribution in [0.4, 0.5) is 5.69 Å². The van der Waals surface area contributed by atoms with E-state index in [1.54, 1.807) is 11.3 Å². The van der Waals surface area contributed by atoms with E-state index in [9.17, 15) is 4.79 Å². The molecule has 1 aromatic heterocycles. The predicted octanol–water partition coefficient (Wildman–Crippen LogP) is 2.45. The first-order valence-corrected chi connectivity index (χ1v) is 8.17. The molecule has 4 nitrogen and oxygen atoms in total. The van der Waals surface area contributed by atoms with Crippen molar-refractivity contribution in [3.05, 3.63) is 29.1 Å². The third-order valence-electron chi connectivity index (χ3n) is 3.88. The number of fused-ring (bicyclic) bond motifs is 1. The smallest absolute Gasteiger partial charge is 0.261 e. The fraction of sp³-hybridized carbons (Fsp3) is 0.438. The minimum atomic E-state index is 0.0521. The molecule has 1 amide bonds. The summed E-state index contributed by atoms with van der Waals surface area (Å²) in [5, 5.41) is 7.59. The minimum absolute atomic E-state index is 0.0521. The van der Waals surface area contributed by atoms with E-state index < -0.39 is 0 Å². The van der Waals surface area contributed by atoms with Gasteiger partial charge in [-0.15, -0.1) is 11.3 Å². The molecule has 1 fully saturated rings. The van der Waals surface area contributed by atoms with Crippen LogP contribution in [0.25, 0.3) is 10.1 Å². The van der Waals surface area contributed by atoms with E-state index in [4.69, 9.17) is 0 Å². The number of benzene rings is 1. The molecule has 2 N–H and O–H groups in total. The molecule has 0 aliphatic carbocycles. The summed E-state index contributed by atoms with van der Waals surface area (Å²) in [6.07, 6.45) is 2.19. The third kappa shape index (κ3) is 3.19. The Morgan fingerprint density at radius 2 is 2.24 bits per heavy atom. The molecule has 0 spiro atoms. The molecule has 2 heterocycles. The van der Waals surface area contributed by atoms with Gasteiger partial charge in [-0.1, -0.05) is 6.07 Å². The average Bonchev–Trinajstić information content (AvgIpc) is 2.91. The topological polar surface area (TPSA) is 44.4 Å². The monoisotopic (exact) mass is 303 g/mol. The van der Waals surface area contributed by atoms with Crippen molar-refractivity contribution >= 4 is 33.0 Å². The second-order valence-corrected chi connectivity index (χ2v) is 6.83. The molecular formula is C16H21N3OS. The van der Waals surface area contributed by atoms with Crippen molar-refractivity contribution in [1.82, 2.24) is 10.6 Å². The molecule has 112 valence electrons. The Bertz CT molecular complexity index is 644. The van der Waals surface area contributed by atoms with Gasteiger partial charge in [-0.2, -0.15) is 0 Å². The van der Waals surface area contributed by atoms with Gasteiger partial charge in [-0.3, -0.25) is 4.79 Å². The summed E-state index contributed by atoms with van der Waals surface area (Å²) in [6.45, 7) is 1.93. The molecule has 0 saturated carbocycles. The lowest BCUT2D eigenvalue weighted by atomic mass is 10.1. The number of rotatable bonds is 3. The molecule has 2 aromatic rings. The van der Waals surface area contributed by atoms with Crippen molar-refractivity contribution in [3.63, 3.8) is 0 Å². The number of hydrogen-bond donors (Lipinski definition) is 2. The molecule has 1 aliphatic heterocycles. The first-order chi connectivity index (χ1) is 10.1. The number of thiophene rings is 1. The second kappa shape index (κ2) is 6.03. The number of amides is 1. The summed E-state index contributed by atoms with van der Waals surface area (Å²) >= 11 is 1.57. The zero-order valence-electron chi connectivity index (χ0n) is 12.5. The standard InChI is InChI=1S/C16H21N3OS/c1-19(2)13-6-5-11-8-15(21-14(11)9-13)16(20)18-12-4-3-7-17-10-12/h5-6,8-9,12,17H,3-4,7,10H2,1-2H3,(H,18,20). The van der Waals surface area contributed by atoms with Crippen LogP contribution < -0.4 is 15.5 Å². The van der Waals surface area contributed by atoms with Gasteiger partial charge in [0.1, 0.15) is 0 Å². The zero-order valence-corrected chi connectivity index (χ0v) is 13.3. The summed E-state index contributed by atoms with van der Waals surface area (Å²) in [4.78, 5) is 15.2. The van der Waals surface area contributed by atoms with Crippen LogP contribution in [0, 0.1) is 0 Å². The van der Waals surface area contributed by atoms with Gasteiger partial charge in [-0.05, 0) is 43.0 Å². The summed E-state index contributed by atoms with van der Waals surface area (Å²) in [6, 6.07) is 8.56. The number of nitrogens with one attached hydrogen (secondary N) is 2. The number of piperidine rings is 1. The Balaban J connectivity index is 1.78. The van der Waals surface area contributed by atoms with Crippen LogP contribution in [-0.2, 0) is 0 Å². The summed E-state index contributed by atoms with van der Waals surface area (Å²) in [7, 11) is 4.05. The van der Waals surface area contributed by atoms with E-state index in [2.05, 4.69) is 33.7 Å². The highest BCUT2D eigenvalue weighted by atomic mass is 32.1. The fourth-order valence-corrected chi connectivity index (χ4v) is 3.64. The number of carbonyl (C=O) groups is 1. The first kappa shape index (κ1) is 14.4. The van der Waals surface area contributed by atoms with E-state index in [0.717, 1.165) is 46.6 Å². The number of anilines is 1. The van der Waals surface area contributed by atoms with E-state index >= 15 is 0 Å². The maximum atomic E-state index is 12.4. The molecule has 0 bridgehead atoms. The predicted molar refractivity (Wildman–Crippen MR) is 89.5 cm³/mol. The lowest BCUT2D eigenvalue weighted by Crippen LogP contribution is -2.45. The van der Waals surface area contributed by atoms with Gasteiger partial charge in [-0.25, -0.2) is 0 Å². The highest BCUT2D eigenvalue weighted by Crippen LogP contribution is 2.29. The summed E-state index contributed by atoms with van der Waals surface area (Å²) < 4.78 is 1.16. The molecular weight excluding hydrogens is 282 g/mol. The highest BCUT2D eigenvalue weighted by Gasteiger charge is 2.17. The Labute approximate surface area is 129 Å². The Morgan fingerprint density at radius 1 is 1.38 bits per heavy atom. The molecule has 1 aliphatic rings. The quantitative estimate of drug-likeness (QED) is 0.915. The van der Waals surface area contributed by atoms with Crippen molar-refractivity contribution < 1.29 is 4.79 Å². The van der Waals surface area contributed by atoms with Crippen molar-refractivity contribution in [3.8, 4) is 0 Å². The van der Waals surface area contributed by atoms with Crippen molar-refractivity contribution in [1.29, 1.82) is 0 Å². The van der Waals surface area contributed by atoms with E-state index in [1.165, 1.54) is 0 Å². The lowest BCUT2D eigenvalue weighted by Gasteiger charge is -2.23. The molecule has 1 unspecified atom stereocenters. The van der Waals surface area contributed by atoms with Gasteiger partial charge in [0.15, 0.2) is 0 Å². The van der Waals surface area contributed by atoms with Crippen LogP contribution in [0.15, 0.2) is 24.3 Å². The molecule has 1 atom stereocenters. The molecule has 1 aromatic carbocycles. The molecule has 3 rings (SSSR count). The first-order valence-electron chi connectivity index (χ1n) is 7.36. The average molecular weight is 303 g/mol. The van der Waals surface area contributed by atoms with E-state index in [-0.39, 0.29) is 11.9 Å². The third-order valence-corrected chi connectivity index (χ3v) is 4.97. The van der Waals surface area contributed by atoms with Crippen LogP contribution in [0.2, 0.25) is 0 Å². The Morgan fingerprint density at radius 3 is 2.95 bits per heavy atom. The highest BCUT2D eigenvalue weighted by molar-refractivity contribution is 7.20. The maximum absolute atomic E-state index is 12.4. The number of hydrogen-bond acceptors (Lipinski definition) is 4. The van der Waals surface area contributed by atoms with Crippen molar-refractivity contribution in [2.75, 3.05) is 32.1 Å². The van der Waals surface area contributed by atoms with Gasteiger partial charge < -0.3 is 15.5 Å². The minimum Gasteiger partial charge on any atom is -0.378 e. The van der Waals surface area contributed by atoms with Crippen LogP contribution in [-0.4, -0.2) is 39.1 Å². The number of nitrogens with zero attached hydrogens (tertiary/aromatic N) is 1. The van der Waals surface area contributed by atoms with E-state index in [0.29, 0.717) is 0 Å². The van der Waals surface area contributed by atoms with Gasteiger partial charge in [0.05, 0.1) is 4.88 Å². The molecule has 5 heteroatoms. The SMILES string of the molecule is CN(C)c1ccc2cc(C(=O)NC3CCCNC3)sc2c1. The van der Waals surface area contributed by atoms with Crippen LogP contribution in [0.3, 0.4) is 0 Å². The van der Waals surface area contributed by atoms with Crippen LogP contribution in [0.5, 0.6) is 0 Å². The zero-order chi connectivity index (χ0) is 14.8. The Kier molecular flexibility index (Phi) is 4.12. The van der Waals surface area contributed by atoms with Gasteiger partial charge in [0.25, 0.3) is 5.91 Å². The molecule has 0 radical (unpaired) electrons. The molecule has 21 heavy (non-hydrogen) atoms. The van der Waals surface area contributed by atoms with Gasteiger partial charge >= 0.3 is 0 Å². The van der Waals surface area contributed by atoms with Crippen molar-refractivity contribution in [2.45, 2.75) is 18.9 Å². The largest absolute Gasteiger partial charge is 0.378 e. The maximum Gasteiger partial charge on any atom is 0.261 e. The fourth-order valence-electron chi connectivity index (χ4n) is 2.64. The summed E-state index contributed by atoms with van der Waals surface area (Å²) in [5.74, 6) is 0.0521. The number of carbonyl (C=O) groups excluding carboxylic acids is 1. The van der Waals surface area contributed by atoms with Gasteiger partial charge in [0.2, 0.25) is 0 Å². The lowest BCUT2D eigenvalue weighted by molar-refractivity contribution is 0.0935. The van der Waals surface area contributed by atoms with E-state index in [1.807, 2.05) is 20.2 Å². The van der Waals surface area contributed by atoms with Crippen LogP contribution >= 0.6 is 11.3 Å². The van der Waals surface area contributed by atoms with Gasteiger partial charge in [0, 0.05) is 37.1 Å². The summed E-state index contributed by atoms with van der Waals surface area (Å²) in [5.41, 5.74) is 1.16. The Hall–Kier alpha value is -1.59. The van der Waals surface area contributed by atoms with Crippen LogP contribution in [0.1, 0.15) is 22.5 Å².